The molecule has 0 bridgehead atoms. The highest BCUT2D eigenvalue weighted by atomic mass is 32.3. The van der Waals surface area contributed by atoms with Gasteiger partial charge in [-0.05, 0) is 12.7 Å². The fourth-order valence-corrected chi connectivity index (χ4v) is 2.71. The summed E-state index contributed by atoms with van der Waals surface area (Å²) in [6.45, 7) is 0.364. The van der Waals surface area contributed by atoms with Crippen molar-refractivity contribution in [3.05, 3.63) is 4.91 Å². The van der Waals surface area contributed by atoms with Gasteiger partial charge in [-0.1, -0.05) is 10.3 Å². The number of hydrogen-bond acceptors (Lipinski definition) is 8. The van der Waals surface area contributed by atoms with Crippen LogP contribution in [0.4, 0.5) is 0 Å². The fourth-order valence-electron chi connectivity index (χ4n) is 0.942. The van der Waals surface area contributed by atoms with E-state index in [1.54, 1.807) is 0 Å². The van der Waals surface area contributed by atoms with Crippen LogP contribution in [0.3, 0.4) is 0 Å². The Morgan fingerprint density at radius 2 is 1.94 bits per heavy atom. The van der Waals surface area contributed by atoms with Crippen molar-refractivity contribution < 1.29 is 23.7 Å². The molecule has 0 atom stereocenters. The van der Waals surface area contributed by atoms with Crippen LogP contribution in [0.1, 0.15) is 6.42 Å². The zero-order valence-electron chi connectivity index (χ0n) is 9.74. The van der Waals surface area contributed by atoms with E-state index in [-0.39, 0.29) is 13.2 Å². The van der Waals surface area contributed by atoms with Gasteiger partial charge in [0, 0.05) is 17.3 Å². The molecule has 0 heterocycles. The van der Waals surface area contributed by atoms with Crippen LogP contribution in [-0.4, -0.2) is 53.5 Å². The summed E-state index contributed by atoms with van der Waals surface area (Å²) in [5, 5.41) is 20.0. The van der Waals surface area contributed by atoms with Gasteiger partial charge in [0.1, 0.15) is 0 Å². The minimum Gasteiger partial charge on any atom is -0.395 e. The number of rotatable bonds is 12. The van der Waals surface area contributed by atoms with Gasteiger partial charge in [0.05, 0.1) is 31.9 Å². The van der Waals surface area contributed by atoms with Gasteiger partial charge in [0.15, 0.2) is 5.34 Å². The lowest BCUT2D eigenvalue weighted by Gasteiger charge is -2.32. The van der Waals surface area contributed by atoms with Crippen LogP contribution in [0.25, 0.3) is 0 Å². The van der Waals surface area contributed by atoms with Gasteiger partial charge in [-0.3, -0.25) is 4.28 Å². The molecule has 0 radical (unpaired) electrons. The van der Waals surface area contributed by atoms with Crippen LogP contribution < -0.4 is 0 Å². The number of aliphatic hydroxyl groups is 2. The SMILES string of the molecule is CS(CCO)(CCO)OOCCCSON=O. The fraction of sp³-hybridized carbons (Fsp3) is 1.00. The van der Waals surface area contributed by atoms with E-state index < -0.39 is 10.3 Å². The topological polar surface area (TPSA) is 97.6 Å². The minimum atomic E-state index is -1.57. The first kappa shape index (κ1) is 16.9. The molecule has 0 saturated carbocycles. The van der Waals surface area contributed by atoms with E-state index in [1.165, 1.54) is 0 Å². The maximum atomic E-state index is 9.58. The highest BCUT2D eigenvalue weighted by Crippen LogP contribution is 2.44. The molecule has 0 aliphatic rings. The van der Waals surface area contributed by atoms with E-state index in [0.29, 0.717) is 30.3 Å². The standard InChI is InChI=1S/C8H19NO6S2/c1-17(7-3-10,8-4-11)15-13-5-2-6-16-14-9-12/h10-11H,2-8H2,1H3. The van der Waals surface area contributed by atoms with Crippen LogP contribution in [0, 0.1) is 4.91 Å². The second-order valence-corrected chi connectivity index (χ2v) is 7.37. The van der Waals surface area contributed by atoms with Crippen molar-refractivity contribution in [2.24, 2.45) is 5.34 Å². The minimum absolute atomic E-state index is 0.00386. The molecule has 0 aliphatic heterocycles. The van der Waals surface area contributed by atoms with Gasteiger partial charge in [-0.2, -0.15) is 4.33 Å². The molecule has 0 aromatic rings. The van der Waals surface area contributed by atoms with Gasteiger partial charge in [0.2, 0.25) is 0 Å². The second kappa shape index (κ2) is 11.1. The molecule has 0 spiro atoms. The summed E-state index contributed by atoms with van der Waals surface area (Å²) in [4.78, 5) is 14.6. The van der Waals surface area contributed by atoms with Crippen LogP contribution in [-0.2, 0) is 13.5 Å². The van der Waals surface area contributed by atoms with Crippen LogP contribution in [0.5, 0.6) is 0 Å². The third-order valence-electron chi connectivity index (χ3n) is 1.80. The predicted molar refractivity (Wildman–Crippen MR) is 68.4 cm³/mol. The van der Waals surface area contributed by atoms with Crippen molar-refractivity contribution in [1.82, 2.24) is 0 Å². The summed E-state index contributed by atoms with van der Waals surface area (Å²) < 4.78 is 9.43. The Balaban J connectivity index is 3.57. The van der Waals surface area contributed by atoms with Crippen molar-refractivity contribution in [3.8, 4) is 0 Å². The average Bonchev–Trinajstić information content (AvgIpc) is 2.28. The molecule has 0 amide bonds. The molecule has 0 rings (SSSR count). The number of aliphatic hydroxyl groups excluding tert-OH is 2. The van der Waals surface area contributed by atoms with E-state index in [4.69, 9.17) is 19.4 Å². The predicted octanol–water partition coefficient (Wildman–Crippen LogP) is 1.00. The summed E-state index contributed by atoms with van der Waals surface area (Å²) in [6.07, 6.45) is 2.49. The summed E-state index contributed by atoms with van der Waals surface area (Å²) >= 11 is 0.944. The Bertz CT molecular complexity index is 191. The molecule has 0 fully saturated rings. The zero-order chi connectivity index (χ0) is 13.0. The first-order valence-corrected chi connectivity index (χ1v) is 8.28. The Labute approximate surface area is 106 Å². The first-order chi connectivity index (χ1) is 8.18. The molecule has 0 aliphatic carbocycles. The Hall–Kier alpha value is -0.0600. The first-order valence-electron chi connectivity index (χ1n) is 5.06. The van der Waals surface area contributed by atoms with E-state index in [0.717, 1.165) is 12.0 Å². The van der Waals surface area contributed by atoms with Gasteiger partial charge >= 0.3 is 0 Å². The molecule has 0 unspecified atom stereocenters. The summed E-state index contributed by atoms with van der Waals surface area (Å²) in [7, 11) is -1.57. The third-order valence-corrected chi connectivity index (χ3v) is 4.94. The summed E-state index contributed by atoms with van der Waals surface area (Å²) in [5.41, 5.74) is 0. The Morgan fingerprint density at radius 1 is 1.29 bits per heavy atom. The van der Waals surface area contributed by atoms with Gasteiger partial charge in [-0.25, -0.2) is 4.89 Å². The molecule has 0 aromatic heterocycles. The second-order valence-electron chi connectivity index (χ2n) is 3.25. The van der Waals surface area contributed by atoms with Crippen LogP contribution >= 0.6 is 22.4 Å². The van der Waals surface area contributed by atoms with E-state index in [2.05, 4.69) is 9.62 Å². The molecule has 2 N–H and O–H groups in total. The maximum Gasteiger partial charge on any atom is 0.168 e. The lowest BCUT2D eigenvalue weighted by Crippen LogP contribution is -2.17. The monoisotopic (exact) mass is 289 g/mol. The molecule has 7 nitrogen and oxygen atoms in total. The highest BCUT2D eigenvalue weighted by Gasteiger charge is 2.19. The van der Waals surface area contributed by atoms with Gasteiger partial charge < -0.3 is 10.2 Å². The Morgan fingerprint density at radius 3 is 2.47 bits per heavy atom. The smallest absolute Gasteiger partial charge is 0.168 e. The van der Waals surface area contributed by atoms with Crippen LogP contribution in [0.15, 0.2) is 5.34 Å². The summed E-state index contributed by atoms with van der Waals surface area (Å²) in [6, 6.07) is 0. The third kappa shape index (κ3) is 9.62. The van der Waals surface area contributed by atoms with Crippen molar-refractivity contribution in [2.75, 3.05) is 43.3 Å². The zero-order valence-corrected chi connectivity index (χ0v) is 11.4. The largest absolute Gasteiger partial charge is 0.395 e. The molecule has 0 aromatic carbocycles. The summed E-state index contributed by atoms with van der Waals surface area (Å²) in [5.74, 6) is 1.52. The molecule has 9 heteroatoms. The maximum absolute atomic E-state index is 9.58. The van der Waals surface area contributed by atoms with Crippen molar-refractivity contribution in [2.45, 2.75) is 6.42 Å². The van der Waals surface area contributed by atoms with Crippen molar-refractivity contribution in [1.29, 1.82) is 0 Å². The lowest BCUT2D eigenvalue weighted by molar-refractivity contribution is -0.196. The van der Waals surface area contributed by atoms with Gasteiger partial charge in [0.25, 0.3) is 0 Å². The van der Waals surface area contributed by atoms with E-state index in [1.807, 2.05) is 6.26 Å². The normalized spacial score (nSPS) is 12.4. The van der Waals surface area contributed by atoms with Crippen molar-refractivity contribution >= 4 is 22.4 Å². The molecular weight excluding hydrogens is 270 g/mol. The Kier molecular flexibility index (Phi) is 11.0. The van der Waals surface area contributed by atoms with Gasteiger partial charge in [-0.15, -0.1) is 4.91 Å². The molecule has 0 saturated heterocycles. The lowest BCUT2D eigenvalue weighted by atomic mass is 10.5. The average molecular weight is 289 g/mol. The number of hydrogen-bond donors (Lipinski definition) is 2. The number of nitrogens with zero attached hydrogens (tertiary/aromatic N) is 1. The molecule has 104 valence electrons. The van der Waals surface area contributed by atoms with Crippen LogP contribution in [0.2, 0.25) is 0 Å². The molecular formula is C8H19NO6S2. The molecule has 17 heavy (non-hydrogen) atoms. The highest BCUT2D eigenvalue weighted by molar-refractivity contribution is 8.29. The van der Waals surface area contributed by atoms with Crippen molar-refractivity contribution in [3.63, 3.8) is 0 Å². The quantitative estimate of drug-likeness (QED) is 0.182. The van der Waals surface area contributed by atoms with E-state index in [9.17, 15) is 4.91 Å². The van der Waals surface area contributed by atoms with E-state index >= 15 is 0 Å².